The summed E-state index contributed by atoms with van der Waals surface area (Å²) in [5.41, 5.74) is 0.606. The molecule has 29 heavy (non-hydrogen) atoms. The van der Waals surface area contributed by atoms with Crippen LogP contribution in [0.4, 0.5) is 13.2 Å². The Morgan fingerprint density at radius 1 is 1.10 bits per heavy atom. The van der Waals surface area contributed by atoms with Crippen LogP contribution in [0.25, 0.3) is 5.65 Å². The highest BCUT2D eigenvalue weighted by atomic mass is 127. The van der Waals surface area contributed by atoms with Crippen LogP contribution >= 0.6 is 24.0 Å². The van der Waals surface area contributed by atoms with Crippen molar-refractivity contribution >= 4 is 35.6 Å². The van der Waals surface area contributed by atoms with Gasteiger partial charge in [-0.2, -0.15) is 13.2 Å². The van der Waals surface area contributed by atoms with Gasteiger partial charge in [0.05, 0.1) is 12.1 Å². The van der Waals surface area contributed by atoms with Gasteiger partial charge < -0.3 is 10.6 Å². The van der Waals surface area contributed by atoms with Gasteiger partial charge >= 0.3 is 6.18 Å². The molecule has 0 aliphatic carbocycles. The predicted octanol–water partition coefficient (Wildman–Crippen LogP) is 3.66. The minimum atomic E-state index is -4.36. The van der Waals surface area contributed by atoms with Crippen LogP contribution in [0.5, 0.6) is 0 Å². The highest BCUT2D eigenvalue weighted by Crippen LogP contribution is 2.29. The van der Waals surface area contributed by atoms with E-state index in [1.54, 1.807) is 6.07 Å². The molecule has 156 valence electrons. The lowest BCUT2D eigenvalue weighted by atomic mass is 10.1. The van der Waals surface area contributed by atoms with E-state index in [1.807, 2.05) is 35.7 Å². The standard InChI is InChI=1S/C19H21F3N6.HI/c1-2-23-18(25-13-14-6-5-7-15(12-14)19(20,21)22)24-10-9-17-27-26-16-8-3-4-11-28(16)17;/h3-8,11-12H,2,9-10,13H2,1H3,(H2,23,24,25);1H. The normalized spacial score (nSPS) is 11.9. The van der Waals surface area contributed by atoms with Crippen LogP contribution < -0.4 is 10.6 Å². The third kappa shape index (κ3) is 6.31. The molecule has 2 N–H and O–H groups in total. The summed E-state index contributed by atoms with van der Waals surface area (Å²) in [6, 6.07) is 10.9. The van der Waals surface area contributed by atoms with Gasteiger partial charge in [-0.3, -0.25) is 4.40 Å². The first-order valence-electron chi connectivity index (χ1n) is 8.94. The third-order valence-corrected chi connectivity index (χ3v) is 4.04. The van der Waals surface area contributed by atoms with Crippen LogP contribution in [-0.4, -0.2) is 33.6 Å². The number of nitrogens with zero attached hydrogens (tertiary/aromatic N) is 4. The molecule has 0 atom stereocenters. The summed E-state index contributed by atoms with van der Waals surface area (Å²) >= 11 is 0. The average Bonchev–Trinajstić information content (AvgIpc) is 3.09. The van der Waals surface area contributed by atoms with E-state index in [1.165, 1.54) is 6.07 Å². The minimum absolute atomic E-state index is 0. The van der Waals surface area contributed by atoms with Crippen molar-refractivity contribution in [1.29, 1.82) is 0 Å². The number of benzene rings is 1. The van der Waals surface area contributed by atoms with Crippen molar-refractivity contribution in [3.63, 3.8) is 0 Å². The number of hydrogen-bond acceptors (Lipinski definition) is 3. The number of alkyl halides is 3. The van der Waals surface area contributed by atoms with E-state index >= 15 is 0 Å². The van der Waals surface area contributed by atoms with Crippen molar-refractivity contribution in [1.82, 2.24) is 25.2 Å². The first-order valence-corrected chi connectivity index (χ1v) is 8.94. The minimum Gasteiger partial charge on any atom is -0.357 e. The summed E-state index contributed by atoms with van der Waals surface area (Å²) in [6.07, 6.45) is -1.83. The summed E-state index contributed by atoms with van der Waals surface area (Å²) in [4.78, 5) is 4.37. The van der Waals surface area contributed by atoms with Crippen molar-refractivity contribution in [3.05, 3.63) is 65.6 Å². The molecule has 3 aromatic rings. The predicted molar refractivity (Wildman–Crippen MR) is 116 cm³/mol. The number of fused-ring (bicyclic) bond motifs is 1. The van der Waals surface area contributed by atoms with Crippen LogP contribution in [0.2, 0.25) is 0 Å². The fourth-order valence-electron chi connectivity index (χ4n) is 2.71. The maximum atomic E-state index is 12.8. The van der Waals surface area contributed by atoms with Crippen molar-refractivity contribution < 1.29 is 13.2 Å². The lowest BCUT2D eigenvalue weighted by molar-refractivity contribution is -0.137. The van der Waals surface area contributed by atoms with Crippen molar-refractivity contribution in [2.24, 2.45) is 4.99 Å². The number of rotatable bonds is 6. The molecule has 1 aromatic carbocycles. The molecule has 10 heteroatoms. The molecule has 0 aliphatic heterocycles. The molecule has 2 heterocycles. The van der Waals surface area contributed by atoms with E-state index in [0.717, 1.165) is 23.6 Å². The van der Waals surface area contributed by atoms with Gasteiger partial charge in [-0.1, -0.05) is 18.2 Å². The van der Waals surface area contributed by atoms with E-state index in [-0.39, 0.29) is 30.5 Å². The van der Waals surface area contributed by atoms with Gasteiger partial charge in [-0.05, 0) is 36.8 Å². The number of nitrogens with one attached hydrogen (secondary N) is 2. The Hall–Kier alpha value is -2.37. The molecular weight excluding hydrogens is 496 g/mol. The van der Waals surface area contributed by atoms with E-state index in [9.17, 15) is 13.2 Å². The molecule has 3 rings (SSSR count). The van der Waals surface area contributed by atoms with Crippen LogP contribution in [0.1, 0.15) is 23.9 Å². The fourth-order valence-corrected chi connectivity index (χ4v) is 2.71. The molecule has 0 unspecified atom stereocenters. The van der Waals surface area contributed by atoms with E-state index in [4.69, 9.17) is 0 Å². The number of aromatic nitrogens is 3. The van der Waals surface area contributed by atoms with Crippen molar-refractivity contribution in [2.75, 3.05) is 13.1 Å². The van der Waals surface area contributed by atoms with Gasteiger partial charge in [-0.25, -0.2) is 4.99 Å². The first-order chi connectivity index (χ1) is 13.5. The van der Waals surface area contributed by atoms with Crippen LogP contribution in [0.15, 0.2) is 53.7 Å². The molecule has 0 fully saturated rings. The Morgan fingerprint density at radius 3 is 2.69 bits per heavy atom. The molecule has 0 radical (unpaired) electrons. The molecule has 2 aromatic heterocycles. The number of pyridine rings is 1. The maximum absolute atomic E-state index is 12.8. The maximum Gasteiger partial charge on any atom is 0.416 e. The van der Waals surface area contributed by atoms with Gasteiger partial charge in [0.2, 0.25) is 0 Å². The number of guanidine groups is 1. The molecule has 0 bridgehead atoms. The van der Waals surface area contributed by atoms with Crippen LogP contribution in [-0.2, 0) is 19.1 Å². The molecule has 0 spiro atoms. The Kier molecular flexibility index (Phi) is 8.23. The lowest BCUT2D eigenvalue weighted by Gasteiger charge is -2.11. The van der Waals surface area contributed by atoms with E-state index < -0.39 is 11.7 Å². The smallest absolute Gasteiger partial charge is 0.357 e. The molecule has 0 aliphatic rings. The molecule has 0 saturated carbocycles. The zero-order valence-corrected chi connectivity index (χ0v) is 18.1. The Balaban J connectivity index is 0.00000300. The molecule has 0 saturated heterocycles. The molecule has 6 nitrogen and oxygen atoms in total. The lowest BCUT2D eigenvalue weighted by Crippen LogP contribution is -2.38. The topological polar surface area (TPSA) is 66.6 Å². The molecule has 0 amide bonds. The largest absolute Gasteiger partial charge is 0.416 e. The summed E-state index contributed by atoms with van der Waals surface area (Å²) in [5.74, 6) is 1.35. The molecular formula is C19H22F3IN6. The van der Waals surface area contributed by atoms with Gasteiger partial charge in [0.15, 0.2) is 11.6 Å². The zero-order chi connectivity index (χ0) is 20.0. The summed E-state index contributed by atoms with van der Waals surface area (Å²) in [7, 11) is 0. The van der Waals surface area contributed by atoms with Crippen LogP contribution in [0.3, 0.4) is 0 Å². The second-order valence-electron chi connectivity index (χ2n) is 6.12. The summed E-state index contributed by atoms with van der Waals surface area (Å²) in [6.45, 7) is 3.27. The van der Waals surface area contributed by atoms with Gasteiger partial charge in [0, 0.05) is 25.7 Å². The summed E-state index contributed by atoms with van der Waals surface area (Å²) < 4.78 is 40.4. The Morgan fingerprint density at radius 2 is 1.93 bits per heavy atom. The van der Waals surface area contributed by atoms with Crippen molar-refractivity contribution in [3.8, 4) is 0 Å². The fraction of sp³-hybridized carbons (Fsp3) is 0.316. The number of aliphatic imine (C=N–C) groups is 1. The number of hydrogen-bond donors (Lipinski definition) is 2. The average molecular weight is 518 g/mol. The first kappa shape index (κ1) is 22.9. The SMILES string of the molecule is CCNC(=NCc1cccc(C(F)(F)F)c1)NCCc1nnc2ccccn12.I. The van der Waals surface area contributed by atoms with Gasteiger partial charge in [0.25, 0.3) is 0 Å². The van der Waals surface area contributed by atoms with Gasteiger partial charge in [0.1, 0.15) is 5.82 Å². The zero-order valence-electron chi connectivity index (χ0n) is 15.8. The second-order valence-corrected chi connectivity index (χ2v) is 6.12. The monoisotopic (exact) mass is 518 g/mol. The highest BCUT2D eigenvalue weighted by molar-refractivity contribution is 14.0. The second kappa shape index (κ2) is 10.4. The highest BCUT2D eigenvalue weighted by Gasteiger charge is 2.30. The van der Waals surface area contributed by atoms with Gasteiger partial charge in [-0.15, -0.1) is 34.2 Å². The Labute approximate surface area is 183 Å². The Bertz CT molecular complexity index is 954. The third-order valence-electron chi connectivity index (χ3n) is 4.04. The van der Waals surface area contributed by atoms with Crippen molar-refractivity contribution in [2.45, 2.75) is 26.1 Å². The number of halogens is 4. The quantitative estimate of drug-likeness (QED) is 0.297. The van der Waals surface area contributed by atoms with E-state index in [0.29, 0.717) is 31.0 Å². The van der Waals surface area contributed by atoms with E-state index in [2.05, 4.69) is 25.8 Å². The van der Waals surface area contributed by atoms with Crippen LogP contribution in [0, 0.1) is 0 Å². The summed E-state index contributed by atoms with van der Waals surface area (Å²) in [5, 5.41) is 14.5.